The van der Waals surface area contributed by atoms with Crippen molar-refractivity contribution in [1.29, 1.82) is 0 Å². The summed E-state index contributed by atoms with van der Waals surface area (Å²) in [5.74, 6) is -3.51. The molecule has 1 amide bonds. The third-order valence-corrected chi connectivity index (χ3v) is 3.57. The lowest BCUT2D eigenvalue weighted by Gasteiger charge is -2.03. The molecule has 0 radical (unpaired) electrons. The van der Waals surface area contributed by atoms with E-state index in [1.54, 1.807) is 12.5 Å². The number of aromatic nitrogens is 3. The van der Waals surface area contributed by atoms with Crippen molar-refractivity contribution in [1.82, 2.24) is 14.7 Å². The number of anilines is 1. The molecule has 1 saturated carbocycles. The van der Waals surface area contributed by atoms with E-state index in [0.717, 1.165) is 18.7 Å². The molecule has 2 aromatic rings. The number of hydrogen-bond donors (Lipinski definition) is 1. The Hall–Kier alpha value is -2.25. The van der Waals surface area contributed by atoms with E-state index in [1.807, 2.05) is 11.6 Å². The molecular formula is C13H14F2N4O2. The SMILES string of the molecule is Cn1cncc1[C@@H]1C[C@H]1C(=O)Nc1cc(C(C)(F)F)no1. The number of nitrogens with zero attached hydrogens (tertiary/aromatic N) is 3. The smallest absolute Gasteiger partial charge is 0.290 e. The molecule has 6 nitrogen and oxygen atoms in total. The molecule has 8 heteroatoms. The first-order valence-corrected chi connectivity index (χ1v) is 6.48. The van der Waals surface area contributed by atoms with Crippen molar-refractivity contribution in [3.05, 3.63) is 30.0 Å². The van der Waals surface area contributed by atoms with Crippen LogP contribution in [0.4, 0.5) is 14.7 Å². The highest BCUT2D eigenvalue weighted by Crippen LogP contribution is 2.47. The van der Waals surface area contributed by atoms with Gasteiger partial charge in [-0.25, -0.2) is 4.98 Å². The van der Waals surface area contributed by atoms with Gasteiger partial charge in [0.2, 0.25) is 11.8 Å². The molecule has 1 N–H and O–H groups in total. The second kappa shape index (κ2) is 4.64. The van der Waals surface area contributed by atoms with Gasteiger partial charge in [-0.2, -0.15) is 8.78 Å². The molecule has 1 aliphatic carbocycles. The average molecular weight is 296 g/mol. The Bertz CT molecular complexity index is 674. The lowest BCUT2D eigenvalue weighted by Crippen LogP contribution is -2.14. The molecule has 3 rings (SSSR count). The van der Waals surface area contributed by atoms with Crippen LogP contribution in [0, 0.1) is 5.92 Å². The van der Waals surface area contributed by atoms with Gasteiger partial charge in [-0.05, 0) is 6.42 Å². The fourth-order valence-corrected chi connectivity index (χ4v) is 2.29. The predicted molar refractivity (Wildman–Crippen MR) is 68.8 cm³/mol. The third kappa shape index (κ3) is 2.65. The van der Waals surface area contributed by atoms with Crippen LogP contribution in [-0.2, 0) is 17.8 Å². The van der Waals surface area contributed by atoms with E-state index in [1.165, 1.54) is 0 Å². The molecule has 1 fully saturated rings. The van der Waals surface area contributed by atoms with Crippen molar-refractivity contribution in [3.63, 3.8) is 0 Å². The van der Waals surface area contributed by atoms with Crippen LogP contribution in [-0.4, -0.2) is 20.6 Å². The highest BCUT2D eigenvalue weighted by Gasteiger charge is 2.45. The van der Waals surface area contributed by atoms with Gasteiger partial charge < -0.3 is 9.09 Å². The number of alkyl halides is 2. The van der Waals surface area contributed by atoms with E-state index in [0.29, 0.717) is 6.42 Å². The van der Waals surface area contributed by atoms with Crippen molar-refractivity contribution in [2.75, 3.05) is 5.32 Å². The minimum absolute atomic E-state index is 0.0628. The fraction of sp³-hybridized carbons (Fsp3) is 0.462. The number of halogens is 2. The summed E-state index contributed by atoms with van der Waals surface area (Å²) in [5.41, 5.74) is 0.477. The van der Waals surface area contributed by atoms with Crippen LogP contribution in [0.2, 0.25) is 0 Å². The number of carbonyl (C=O) groups is 1. The second-order valence-electron chi connectivity index (χ2n) is 5.33. The van der Waals surface area contributed by atoms with Crippen LogP contribution in [0.3, 0.4) is 0 Å². The molecule has 2 atom stereocenters. The molecule has 2 aromatic heterocycles. The van der Waals surface area contributed by atoms with Crippen molar-refractivity contribution in [2.45, 2.75) is 25.2 Å². The first-order valence-electron chi connectivity index (χ1n) is 6.48. The molecule has 1 aliphatic rings. The molecular weight excluding hydrogens is 282 g/mol. The number of nitrogens with one attached hydrogen (secondary N) is 1. The first kappa shape index (κ1) is 13.7. The molecule has 0 saturated heterocycles. The third-order valence-electron chi connectivity index (χ3n) is 3.57. The summed E-state index contributed by atoms with van der Waals surface area (Å²) in [4.78, 5) is 16.0. The Balaban J connectivity index is 1.63. The summed E-state index contributed by atoms with van der Waals surface area (Å²) >= 11 is 0. The quantitative estimate of drug-likeness (QED) is 0.939. The molecule has 2 heterocycles. The minimum Gasteiger partial charge on any atom is -0.338 e. The molecule has 21 heavy (non-hydrogen) atoms. The van der Waals surface area contributed by atoms with Gasteiger partial charge >= 0.3 is 0 Å². The minimum atomic E-state index is -3.09. The second-order valence-corrected chi connectivity index (χ2v) is 5.33. The van der Waals surface area contributed by atoms with Crippen molar-refractivity contribution < 1.29 is 18.1 Å². The normalized spacial score (nSPS) is 21.3. The van der Waals surface area contributed by atoms with Gasteiger partial charge in [0, 0.05) is 43.8 Å². The fourth-order valence-electron chi connectivity index (χ4n) is 2.29. The summed E-state index contributed by atoms with van der Waals surface area (Å²) in [7, 11) is 1.86. The van der Waals surface area contributed by atoms with E-state index in [4.69, 9.17) is 4.52 Å². The molecule has 0 aromatic carbocycles. The Morgan fingerprint density at radius 1 is 1.57 bits per heavy atom. The zero-order valence-corrected chi connectivity index (χ0v) is 11.5. The highest BCUT2D eigenvalue weighted by atomic mass is 19.3. The van der Waals surface area contributed by atoms with Crippen LogP contribution in [0.15, 0.2) is 23.1 Å². The van der Waals surface area contributed by atoms with Crippen LogP contribution in [0.25, 0.3) is 0 Å². The first-order chi connectivity index (χ1) is 9.86. The van der Waals surface area contributed by atoms with Gasteiger partial charge in [-0.3, -0.25) is 10.1 Å². The molecule has 0 spiro atoms. The van der Waals surface area contributed by atoms with Gasteiger partial charge in [-0.1, -0.05) is 5.16 Å². The Kier molecular flexibility index (Phi) is 3.03. The summed E-state index contributed by atoms with van der Waals surface area (Å²) in [5, 5.41) is 5.73. The van der Waals surface area contributed by atoms with Crippen molar-refractivity contribution in [2.24, 2.45) is 13.0 Å². The summed E-state index contributed by atoms with van der Waals surface area (Å²) in [6.07, 6.45) is 4.10. The topological polar surface area (TPSA) is 73.0 Å². The average Bonchev–Trinajstić information content (AvgIpc) is 2.82. The Morgan fingerprint density at radius 2 is 2.33 bits per heavy atom. The van der Waals surface area contributed by atoms with Crippen LogP contribution < -0.4 is 5.32 Å². The number of rotatable bonds is 4. The van der Waals surface area contributed by atoms with Gasteiger partial charge in [-0.15, -0.1) is 0 Å². The Morgan fingerprint density at radius 3 is 2.90 bits per heavy atom. The Labute approximate surface area is 119 Å². The number of imidazole rings is 1. The number of aryl methyl sites for hydroxylation is 1. The largest absolute Gasteiger partial charge is 0.338 e. The monoisotopic (exact) mass is 296 g/mol. The van der Waals surface area contributed by atoms with E-state index in [9.17, 15) is 13.6 Å². The van der Waals surface area contributed by atoms with Gasteiger partial charge in [0.25, 0.3) is 5.92 Å². The maximum Gasteiger partial charge on any atom is 0.290 e. The lowest BCUT2D eigenvalue weighted by molar-refractivity contribution is -0.117. The maximum absolute atomic E-state index is 13.0. The maximum atomic E-state index is 13.0. The lowest BCUT2D eigenvalue weighted by atomic mass is 10.2. The molecule has 112 valence electrons. The summed E-state index contributed by atoms with van der Waals surface area (Å²) < 4.78 is 32.6. The van der Waals surface area contributed by atoms with Crippen LogP contribution in [0.1, 0.15) is 30.7 Å². The molecule has 0 aliphatic heterocycles. The predicted octanol–water partition coefficient (Wildman–Crippen LogP) is 2.26. The number of carbonyl (C=O) groups excluding carboxylic acids is 1. The number of amides is 1. The van der Waals surface area contributed by atoms with Crippen molar-refractivity contribution >= 4 is 11.8 Å². The summed E-state index contributed by atoms with van der Waals surface area (Å²) in [6, 6.07) is 1.04. The zero-order valence-electron chi connectivity index (χ0n) is 11.5. The van der Waals surface area contributed by atoms with E-state index in [2.05, 4.69) is 15.5 Å². The van der Waals surface area contributed by atoms with E-state index < -0.39 is 11.6 Å². The number of hydrogen-bond acceptors (Lipinski definition) is 4. The van der Waals surface area contributed by atoms with Gasteiger partial charge in [0.05, 0.1) is 6.33 Å². The molecule has 0 bridgehead atoms. The van der Waals surface area contributed by atoms with Crippen LogP contribution in [0.5, 0.6) is 0 Å². The van der Waals surface area contributed by atoms with E-state index in [-0.39, 0.29) is 23.6 Å². The standard InChI is InChI=1S/C13H14F2N4O2/c1-13(14,15)10-4-11(21-18-10)17-12(20)8-3-7(8)9-5-16-6-19(9)2/h4-8H,3H2,1-2H3,(H,17,20)/t7-,8-/m1/s1. The van der Waals surface area contributed by atoms with Crippen LogP contribution >= 0.6 is 0 Å². The van der Waals surface area contributed by atoms with Gasteiger partial charge in [0.1, 0.15) is 0 Å². The van der Waals surface area contributed by atoms with E-state index >= 15 is 0 Å². The zero-order chi connectivity index (χ0) is 15.2. The highest BCUT2D eigenvalue weighted by molar-refractivity contribution is 5.94. The summed E-state index contributed by atoms with van der Waals surface area (Å²) in [6.45, 7) is 0.718. The van der Waals surface area contributed by atoms with Crippen molar-refractivity contribution in [3.8, 4) is 0 Å². The van der Waals surface area contributed by atoms with Gasteiger partial charge in [0.15, 0.2) is 5.69 Å². The molecule has 0 unspecified atom stereocenters.